The number of hydrogen-bond donors (Lipinski definition) is 2. The second kappa shape index (κ2) is 7.84. The van der Waals surface area contributed by atoms with Crippen LogP contribution in [0.4, 0.5) is 4.79 Å². The maximum absolute atomic E-state index is 11.7. The van der Waals surface area contributed by atoms with E-state index in [4.69, 9.17) is 0 Å². The molecule has 0 saturated carbocycles. The summed E-state index contributed by atoms with van der Waals surface area (Å²) in [4.78, 5) is 11.7. The van der Waals surface area contributed by atoms with Gasteiger partial charge in [0.2, 0.25) is 0 Å². The van der Waals surface area contributed by atoms with Crippen LogP contribution in [0.5, 0.6) is 0 Å². The Bertz CT molecular complexity index is 613. The van der Waals surface area contributed by atoms with Crippen molar-refractivity contribution in [3.8, 4) is 0 Å². The van der Waals surface area contributed by atoms with Gasteiger partial charge in [0.05, 0.1) is 0 Å². The Morgan fingerprint density at radius 1 is 1.05 bits per heavy atom. The molecule has 2 rings (SSSR count). The van der Waals surface area contributed by atoms with Crippen LogP contribution in [-0.2, 0) is 13.0 Å². The van der Waals surface area contributed by atoms with E-state index in [1.165, 1.54) is 11.1 Å². The van der Waals surface area contributed by atoms with Crippen molar-refractivity contribution in [3.63, 3.8) is 0 Å². The number of rotatable bonds is 5. The zero-order chi connectivity index (χ0) is 15.1. The highest BCUT2D eigenvalue weighted by Crippen LogP contribution is 2.11. The SMILES string of the molecule is Cc1cccc(CNC(=O)NCCc2cccc(Br)c2)c1. The van der Waals surface area contributed by atoms with E-state index in [1.54, 1.807) is 0 Å². The first-order chi connectivity index (χ1) is 10.1. The average Bonchev–Trinajstić information content (AvgIpc) is 2.45. The normalized spacial score (nSPS) is 10.2. The Kier molecular flexibility index (Phi) is 5.81. The Labute approximate surface area is 133 Å². The van der Waals surface area contributed by atoms with Crippen LogP contribution in [0, 0.1) is 6.92 Å². The second-order valence-electron chi connectivity index (χ2n) is 4.98. The monoisotopic (exact) mass is 346 g/mol. The first-order valence-corrected chi connectivity index (χ1v) is 7.74. The molecule has 0 atom stereocenters. The third-order valence-electron chi connectivity index (χ3n) is 3.12. The standard InChI is InChI=1S/C17H19BrN2O/c1-13-4-2-6-15(10-13)12-20-17(21)19-9-8-14-5-3-7-16(18)11-14/h2-7,10-11H,8-9,12H2,1H3,(H2,19,20,21). The highest BCUT2D eigenvalue weighted by atomic mass is 79.9. The largest absolute Gasteiger partial charge is 0.338 e. The number of benzene rings is 2. The molecule has 2 N–H and O–H groups in total. The van der Waals surface area contributed by atoms with Gasteiger partial charge in [-0.25, -0.2) is 4.79 Å². The smallest absolute Gasteiger partial charge is 0.315 e. The Hall–Kier alpha value is -1.81. The van der Waals surface area contributed by atoms with Gasteiger partial charge in [0.1, 0.15) is 0 Å². The van der Waals surface area contributed by atoms with Crippen molar-refractivity contribution in [3.05, 3.63) is 69.7 Å². The Morgan fingerprint density at radius 3 is 2.57 bits per heavy atom. The van der Waals surface area contributed by atoms with E-state index >= 15 is 0 Å². The van der Waals surface area contributed by atoms with Crippen molar-refractivity contribution in [1.82, 2.24) is 10.6 Å². The van der Waals surface area contributed by atoms with Crippen molar-refractivity contribution < 1.29 is 4.79 Å². The van der Waals surface area contributed by atoms with Gasteiger partial charge in [-0.3, -0.25) is 0 Å². The van der Waals surface area contributed by atoms with E-state index < -0.39 is 0 Å². The van der Waals surface area contributed by atoms with Crippen molar-refractivity contribution in [2.24, 2.45) is 0 Å². The molecule has 4 heteroatoms. The predicted octanol–water partition coefficient (Wildman–Crippen LogP) is 3.80. The molecular weight excluding hydrogens is 328 g/mol. The molecule has 0 radical (unpaired) electrons. The van der Waals surface area contributed by atoms with Gasteiger partial charge in [0, 0.05) is 17.6 Å². The lowest BCUT2D eigenvalue weighted by atomic mass is 10.1. The summed E-state index contributed by atoms with van der Waals surface area (Å²) < 4.78 is 1.06. The number of hydrogen-bond acceptors (Lipinski definition) is 1. The highest BCUT2D eigenvalue weighted by molar-refractivity contribution is 9.10. The molecule has 2 aromatic rings. The van der Waals surface area contributed by atoms with Gasteiger partial charge in [0.25, 0.3) is 0 Å². The van der Waals surface area contributed by atoms with Crippen LogP contribution in [0.25, 0.3) is 0 Å². The molecule has 0 aliphatic carbocycles. The lowest BCUT2D eigenvalue weighted by molar-refractivity contribution is 0.240. The van der Waals surface area contributed by atoms with Gasteiger partial charge in [-0.15, -0.1) is 0 Å². The van der Waals surface area contributed by atoms with Crippen molar-refractivity contribution >= 4 is 22.0 Å². The Balaban J connectivity index is 1.70. The summed E-state index contributed by atoms with van der Waals surface area (Å²) in [5.74, 6) is 0. The molecule has 0 bridgehead atoms. The average molecular weight is 347 g/mol. The highest BCUT2D eigenvalue weighted by Gasteiger charge is 2.01. The minimum Gasteiger partial charge on any atom is -0.338 e. The van der Waals surface area contributed by atoms with Crippen LogP contribution in [0.3, 0.4) is 0 Å². The number of halogens is 1. The number of amides is 2. The zero-order valence-electron chi connectivity index (χ0n) is 12.0. The maximum atomic E-state index is 11.7. The molecule has 110 valence electrons. The quantitative estimate of drug-likeness (QED) is 0.849. The summed E-state index contributed by atoms with van der Waals surface area (Å²) in [6.45, 7) is 3.21. The molecule has 0 spiro atoms. The first-order valence-electron chi connectivity index (χ1n) is 6.95. The summed E-state index contributed by atoms with van der Waals surface area (Å²) in [6, 6.07) is 16.1. The second-order valence-corrected chi connectivity index (χ2v) is 5.89. The Morgan fingerprint density at radius 2 is 1.81 bits per heavy atom. The van der Waals surface area contributed by atoms with Crippen LogP contribution in [0.15, 0.2) is 53.0 Å². The fraction of sp³-hybridized carbons (Fsp3) is 0.235. The van der Waals surface area contributed by atoms with Crippen molar-refractivity contribution in [1.29, 1.82) is 0 Å². The number of carbonyl (C=O) groups excluding carboxylic acids is 1. The molecule has 3 nitrogen and oxygen atoms in total. The first kappa shape index (κ1) is 15.6. The molecule has 2 amide bonds. The molecule has 0 heterocycles. The molecule has 0 saturated heterocycles. The summed E-state index contributed by atoms with van der Waals surface area (Å²) in [5.41, 5.74) is 3.50. The maximum Gasteiger partial charge on any atom is 0.315 e. The number of aryl methyl sites for hydroxylation is 1. The van der Waals surface area contributed by atoms with Gasteiger partial charge < -0.3 is 10.6 Å². The number of nitrogens with one attached hydrogen (secondary N) is 2. The topological polar surface area (TPSA) is 41.1 Å². The van der Waals surface area contributed by atoms with E-state index in [1.807, 2.05) is 37.3 Å². The van der Waals surface area contributed by atoms with E-state index in [-0.39, 0.29) is 6.03 Å². The number of carbonyl (C=O) groups is 1. The van der Waals surface area contributed by atoms with Gasteiger partial charge >= 0.3 is 6.03 Å². The molecule has 0 aliphatic rings. The molecule has 0 aromatic heterocycles. The minimum atomic E-state index is -0.133. The molecule has 0 aliphatic heterocycles. The van der Waals surface area contributed by atoms with Gasteiger partial charge in [-0.05, 0) is 36.6 Å². The van der Waals surface area contributed by atoms with Gasteiger partial charge in [-0.2, -0.15) is 0 Å². The van der Waals surface area contributed by atoms with Crippen molar-refractivity contribution in [2.45, 2.75) is 19.9 Å². The van der Waals surface area contributed by atoms with Crippen LogP contribution in [-0.4, -0.2) is 12.6 Å². The van der Waals surface area contributed by atoms with E-state index in [9.17, 15) is 4.79 Å². The summed E-state index contributed by atoms with van der Waals surface area (Å²) in [6.07, 6.45) is 0.817. The predicted molar refractivity (Wildman–Crippen MR) is 89.3 cm³/mol. The van der Waals surface area contributed by atoms with Gasteiger partial charge in [-0.1, -0.05) is 57.9 Å². The van der Waals surface area contributed by atoms with Gasteiger partial charge in [0.15, 0.2) is 0 Å². The summed E-state index contributed by atoms with van der Waals surface area (Å²) >= 11 is 3.44. The van der Waals surface area contributed by atoms with Crippen LogP contribution >= 0.6 is 15.9 Å². The summed E-state index contributed by atoms with van der Waals surface area (Å²) in [5, 5.41) is 5.73. The summed E-state index contributed by atoms with van der Waals surface area (Å²) in [7, 11) is 0. The van der Waals surface area contributed by atoms with E-state index in [2.05, 4.69) is 44.8 Å². The molecular formula is C17H19BrN2O. The molecule has 0 unspecified atom stereocenters. The fourth-order valence-electron chi connectivity index (χ4n) is 2.08. The third-order valence-corrected chi connectivity index (χ3v) is 3.62. The third kappa shape index (κ3) is 5.60. The minimum absolute atomic E-state index is 0.133. The fourth-order valence-corrected chi connectivity index (χ4v) is 2.53. The zero-order valence-corrected chi connectivity index (χ0v) is 13.6. The number of urea groups is 1. The molecule has 0 fully saturated rings. The van der Waals surface area contributed by atoms with Crippen molar-refractivity contribution in [2.75, 3.05) is 6.54 Å². The van der Waals surface area contributed by atoms with Crippen LogP contribution in [0.2, 0.25) is 0 Å². The lowest BCUT2D eigenvalue weighted by Gasteiger charge is -2.08. The van der Waals surface area contributed by atoms with Crippen LogP contribution in [0.1, 0.15) is 16.7 Å². The molecule has 21 heavy (non-hydrogen) atoms. The van der Waals surface area contributed by atoms with E-state index in [0.717, 1.165) is 16.5 Å². The van der Waals surface area contributed by atoms with E-state index in [0.29, 0.717) is 13.1 Å². The molecule has 2 aromatic carbocycles. The lowest BCUT2D eigenvalue weighted by Crippen LogP contribution is -2.36. The van der Waals surface area contributed by atoms with Crippen LogP contribution < -0.4 is 10.6 Å².